The number of hydrogen-bond acceptors (Lipinski definition) is 2. The third-order valence-corrected chi connectivity index (χ3v) is 4.67. The Labute approximate surface area is 134 Å². The second-order valence-corrected chi connectivity index (χ2v) is 6.25. The Bertz CT molecular complexity index is 534. The number of aryl methyl sites for hydroxylation is 2. The largest absolute Gasteiger partial charge is 0.497 e. The molecule has 2 rings (SSSR count). The zero-order valence-corrected chi connectivity index (χ0v) is 14.2. The third kappa shape index (κ3) is 3.90. The van der Waals surface area contributed by atoms with E-state index >= 15 is 0 Å². The van der Waals surface area contributed by atoms with Gasteiger partial charge in [-0.3, -0.25) is 4.79 Å². The number of amides is 1. The van der Waals surface area contributed by atoms with Gasteiger partial charge in [0.05, 0.1) is 7.11 Å². The molecular weight excluding hydrogens is 274 g/mol. The van der Waals surface area contributed by atoms with Crippen LogP contribution < -0.4 is 4.74 Å². The van der Waals surface area contributed by atoms with Crippen LogP contribution in [0.25, 0.3) is 6.08 Å². The summed E-state index contributed by atoms with van der Waals surface area (Å²) >= 11 is 0. The number of hydrogen-bond donors (Lipinski definition) is 0. The molecule has 0 saturated heterocycles. The Balaban J connectivity index is 2.09. The molecule has 0 aromatic heterocycles. The summed E-state index contributed by atoms with van der Waals surface area (Å²) in [5.41, 5.74) is 3.36. The van der Waals surface area contributed by atoms with Crippen molar-refractivity contribution in [1.82, 2.24) is 4.90 Å². The Kier molecular flexibility index (Phi) is 5.64. The van der Waals surface area contributed by atoms with Gasteiger partial charge in [-0.2, -0.15) is 0 Å². The average Bonchev–Trinajstić information content (AvgIpc) is 2.53. The summed E-state index contributed by atoms with van der Waals surface area (Å²) in [7, 11) is 3.60. The first-order valence-corrected chi connectivity index (χ1v) is 8.13. The minimum atomic E-state index is 0.0986. The molecule has 1 amide bonds. The molecule has 0 N–H and O–H groups in total. The first-order valence-electron chi connectivity index (χ1n) is 8.13. The lowest BCUT2D eigenvalue weighted by atomic mass is 9.94. The molecule has 0 aliphatic heterocycles. The topological polar surface area (TPSA) is 29.5 Å². The van der Waals surface area contributed by atoms with Gasteiger partial charge in [0, 0.05) is 19.2 Å². The maximum absolute atomic E-state index is 12.4. The van der Waals surface area contributed by atoms with Crippen molar-refractivity contribution in [3.63, 3.8) is 0 Å². The van der Waals surface area contributed by atoms with Crippen LogP contribution in [0.2, 0.25) is 0 Å². The van der Waals surface area contributed by atoms with Crippen molar-refractivity contribution < 1.29 is 9.53 Å². The van der Waals surface area contributed by atoms with Gasteiger partial charge in [0.1, 0.15) is 5.75 Å². The predicted octanol–water partition coefficient (Wildman–Crippen LogP) is 4.12. The maximum Gasteiger partial charge on any atom is 0.246 e. The number of ether oxygens (including phenoxy) is 1. The molecule has 22 heavy (non-hydrogen) atoms. The molecule has 3 heteroatoms. The van der Waals surface area contributed by atoms with Gasteiger partial charge in [0.2, 0.25) is 5.91 Å². The van der Waals surface area contributed by atoms with Crippen molar-refractivity contribution in [1.29, 1.82) is 0 Å². The van der Waals surface area contributed by atoms with E-state index in [9.17, 15) is 4.79 Å². The smallest absolute Gasteiger partial charge is 0.246 e. The lowest BCUT2D eigenvalue weighted by molar-refractivity contribution is -0.127. The molecule has 0 unspecified atom stereocenters. The maximum atomic E-state index is 12.4. The van der Waals surface area contributed by atoms with Crippen molar-refractivity contribution in [2.75, 3.05) is 14.2 Å². The standard InChI is InChI=1S/C19H27NO2/c1-14-12-17(22-4)13-15(2)18(14)10-11-19(21)20(3)16-8-6-5-7-9-16/h10-13,16H,5-9H2,1-4H3/b11-10+. The van der Waals surface area contributed by atoms with Crippen LogP contribution in [0.15, 0.2) is 18.2 Å². The van der Waals surface area contributed by atoms with Crippen LogP contribution in [0.5, 0.6) is 5.75 Å². The van der Waals surface area contributed by atoms with Gasteiger partial charge in [-0.15, -0.1) is 0 Å². The average molecular weight is 301 g/mol. The van der Waals surface area contributed by atoms with Gasteiger partial charge >= 0.3 is 0 Å². The van der Waals surface area contributed by atoms with E-state index in [2.05, 4.69) is 0 Å². The van der Waals surface area contributed by atoms with E-state index in [1.54, 1.807) is 13.2 Å². The molecule has 1 aromatic rings. The molecule has 1 fully saturated rings. The van der Waals surface area contributed by atoms with Gasteiger partial charge in [0.15, 0.2) is 0 Å². The normalized spacial score (nSPS) is 16.0. The minimum Gasteiger partial charge on any atom is -0.497 e. The molecule has 1 aliphatic rings. The number of methoxy groups -OCH3 is 1. The monoisotopic (exact) mass is 301 g/mol. The predicted molar refractivity (Wildman–Crippen MR) is 91.1 cm³/mol. The highest BCUT2D eigenvalue weighted by Crippen LogP contribution is 2.24. The van der Waals surface area contributed by atoms with Crippen LogP contribution in [-0.2, 0) is 4.79 Å². The fourth-order valence-corrected chi connectivity index (χ4v) is 3.24. The molecule has 0 radical (unpaired) electrons. The van der Waals surface area contributed by atoms with E-state index in [0.717, 1.165) is 35.3 Å². The lowest BCUT2D eigenvalue weighted by Crippen LogP contribution is -2.37. The van der Waals surface area contributed by atoms with Gasteiger partial charge in [-0.1, -0.05) is 19.3 Å². The molecule has 0 atom stereocenters. The van der Waals surface area contributed by atoms with Crippen molar-refractivity contribution in [3.05, 3.63) is 34.9 Å². The summed E-state index contributed by atoms with van der Waals surface area (Å²) in [6.45, 7) is 4.09. The molecule has 1 saturated carbocycles. The number of carbonyl (C=O) groups is 1. The Hall–Kier alpha value is -1.77. The Morgan fingerprint density at radius 3 is 2.32 bits per heavy atom. The van der Waals surface area contributed by atoms with Crippen LogP contribution in [0.1, 0.15) is 48.8 Å². The lowest BCUT2D eigenvalue weighted by Gasteiger charge is -2.30. The van der Waals surface area contributed by atoms with Crippen molar-refractivity contribution >= 4 is 12.0 Å². The summed E-state index contributed by atoms with van der Waals surface area (Å²) < 4.78 is 5.27. The highest BCUT2D eigenvalue weighted by molar-refractivity contribution is 5.92. The molecule has 0 heterocycles. The molecule has 0 spiro atoms. The molecule has 120 valence electrons. The van der Waals surface area contributed by atoms with Gasteiger partial charge in [-0.25, -0.2) is 0 Å². The van der Waals surface area contributed by atoms with Crippen molar-refractivity contribution in [2.24, 2.45) is 0 Å². The molecule has 1 aromatic carbocycles. The summed E-state index contributed by atoms with van der Waals surface area (Å²) in [5, 5.41) is 0. The van der Waals surface area contributed by atoms with Gasteiger partial charge in [0.25, 0.3) is 0 Å². The Morgan fingerprint density at radius 1 is 1.18 bits per heavy atom. The highest BCUT2D eigenvalue weighted by atomic mass is 16.5. The Morgan fingerprint density at radius 2 is 1.77 bits per heavy atom. The first-order chi connectivity index (χ1) is 10.5. The minimum absolute atomic E-state index is 0.0986. The fourth-order valence-electron chi connectivity index (χ4n) is 3.24. The van der Waals surface area contributed by atoms with E-state index in [-0.39, 0.29) is 5.91 Å². The summed E-state index contributed by atoms with van der Waals surface area (Å²) in [5.74, 6) is 0.958. The van der Waals surface area contributed by atoms with E-state index in [4.69, 9.17) is 4.74 Å². The number of carbonyl (C=O) groups excluding carboxylic acids is 1. The third-order valence-electron chi connectivity index (χ3n) is 4.67. The van der Waals surface area contributed by atoms with Gasteiger partial charge in [-0.05, 0) is 61.6 Å². The second-order valence-electron chi connectivity index (χ2n) is 6.25. The quantitative estimate of drug-likeness (QED) is 0.783. The number of nitrogens with zero attached hydrogens (tertiary/aromatic N) is 1. The van der Waals surface area contributed by atoms with Crippen LogP contribution in [0, 0.1) is 13.8 Å². The fraction of sp³-hybridized carbons (Fsp3) is 0.526. The molecular formula is C19H27NO2. The zero-order chi connectivity index (χ0) is 16.1. The summed E-state index contributed by atoms with van der Waals surface area (Å²) in [6.07, 6.45) is 9.69. The van der Waals surface area contributed by atoms with E-state index in [1.807, 2.05) is 44.0 Å². The summed E-state index contributed by atoms with van der Waals surface area (Å²) in [6, 6.07) is 4.41. The van der Waals surface area contributed by atoms with Crippen LogP contribution >= 0.6 is 0 Å². The van der Waals surface area contributed by atoms with Crippen LogP contribution in [0.3, 0.4) is 0 Å². The molecule has 1 aliphatic carbocycles. The van der Waals surface area contributed by atoms with E-state index < -0.39 is 0 Å². The number of benzene rings is 1. The van der Waals surface area contributed by atoms with Gasteiger partial charge < -0.3 is 9.64 Å². The second kappa shape index (κ2) is 7.48. The SMILES string of the molecule is COc1cc(C)c(/C=C/C(=O)N(C)C2CCCCC2)c(C)c1. The first kappa shape index (κ1) is 16.6. The van der Waals surface area contributed by atoms with Crippen LogP contribution in [0.4, 0.5) is 0 Å². The van der Waals surface area contributed by atoms with Crippen molar-refractivity contribution in [3.8, 4) is 5.75 Å². The number of likely N-dealkylation sites (N-methyl/N-ethyl adjacent to an activating group) is 1. The highest BCUT2D eigenvalue weighted by Gasteiger charge is 2.20. The van der Waals surface area contributed by atoms with E-state index in [1.165, 1.54) is 19.3 Å². The zero-order valence-electron chi connectivity index (χ0n) is 14.2. The number of rotatable bonds is 4. The van der Waals surface area contributed by atoms with Crippen molar-refractivity contribution in [2.45, 2.75) is 52.0 Å². The summed E-state index contributed by atoms with van der Waals surface area (Å²) in [4.78, 5) is 14.3. The molecule has 3 nitrogen and oxygen atoms in total. The molecule has 0 bridgehead atoms. The van der Waals surface area contributed by atoms with Crippen LogP contribution in [-0.4, -0.2) is 31.0 Å². The van der Waals surface area contributed by atoms with E-state index in [0.29, 0.717) is 6.04 Å².